The first-order valence-electron chi connectivity index (χ1n) is 9.73. The highest BCUT2D eigenvalue weighted by atomic mass is 32.2. The SMILES string of the molecule is COc1ccc(CNC(=O)c2ccccc2CSc2nc3ccccc3o2)cc1OC. The van der Waals surface area contributed by atoms with Gasteiger partial charge in [0.05, 0.1) is 14.2 Å². The van der Waals surface area contributed by atoms with Crippen LogP contribution in [0.1, 0.15) is 21.5 Å². The molecule has 6 nitrogen and oxygen atoms in total. The average molecular weight is 435 g/mol. The topological polar surface area (TPSA) is 73.6 Å². The second kappa shape index (κ2) is 9.57. The van der Waals surface area contributed by atoms with Crippen molar-refractivity contribution in [2.24, 2.45) is 0 Å². The number of methoxy groups -OCH3 is 2. The number of fused-ring (bicyclic) bond motifs is 1. The zero-order valence-electron chi connectivity index (χ0n) is 17.3. The average Bonchev–Trinajstić information content (AvgIpc) is 3.24. The van der Waals surface area contributed by atoms with Crippen molar-refractivity contribution in [2.75, 3.05) is 14.2 Å². The fraction of sp³-hybridized carbons (Fsp3) is 0.167. The smallest absolute Gasteiger partial charge is 0.257 e. The van der Waals surface area contributed by atoms with Crippen LogP contribution in [-0.4, -0.2) is 25.1 Å². The third-order valence-corrected chi connectivity index (χ3v) is 5.67. The highest BCUT2D eigenvalue weighted by molar-refractivity contribution is 7.98. The quantitative estimate of drug-likeness (QED) is 0.391. The normalized spacial score (nSPS) is 10.8. The van der Waals surface area contributed by atoms with Crippen LogP contribution in [0.15, 0.2) is 76.4 Å². The number of nitrogens with zero attached hydrogens (tertiary/aromatic N) is 1. The van der Waals surface area contributed by atoms with Crippen LogP contribution < -0.4 is 14.8 Å². The fourth-order valence-corrected chi connectivity index (χ4v) is 4.03. The fourth-order valence-electron chi connectivity index (χ4n) is 3.19. The van der Waals surface area contributed by atoms with E-state index in [4.69, 9.17) is 13.9 Å². The minimum absolute atomic E-state index is 0.136. The van der Waals surface area contributed by atoms with Gasteiger partial charge in [-0.25, -0.2) is 4.98 Å². The van der Waals surface area contributed by atoms with Gasteiger partial charge in [0.25, 0.3) is 11.1 Å². The van der Waals surface area contributed by atoms with Gasteiger partial charge in [-0.15, -0.1) is 0 Å². The first kappa shape index (κ1) is 20.8. The summed E-state index contributed by atoms with van der Waals surface area (Å²) in [6.07, 6.45) is 0. The zero-order chi connectivity index (χ0) is 21.6. The number of hydrogen-bond acceptors (Lipinski definition) is 6. The lowest BCUT2D eigenvalue weighted by Gasteiger charge is -2.12. The molecule has 0 saturated heterocycles. The molecule has 0 radical (unpaired) electrons. The van der Waals surface area contributed by atoms with Crippen LogP contribution in [0.25, 0.3) is 11.1 Å². The number of hydrogen-bond donors (Lipinski definition) is 1. The second-order valence-electron chi connectivity index (χ2n) is 6.77. The highest BCUT2D eigenvalue weighted by Gasteiger charge is 2.13. The summed E-state index contributed by atoms with van der Waals surface area (Å²) in [6.45, 7) is 0.381. The number of nitrogens with one attached hydrogen (secondary N) is 1. The van der Waals surface area contributed by atoms with E-state index in [1.165, 1.54) is 11.8 Å². The molecular weight excluding hydrogens is 412 g/mol. The molecule has 1 heterocycles. The van der Waals surface area contributed by atoms with E-state index in [2.05, 4.69) is 10.3 Å². The first-order valence-corrected chi connectivity index (χ1v) is 10.7. The number of thioether (sulfide) groups is 1. The van der Waals surface area contributed by atoms with Crippen molar-refractivity contribution in [2.45, 2.75) is 17.5 Å². The van der Waals surface area contributed by atoms with Crippen LogP contribution in [0.2, 0.25) is 0 Å². The molecule has 7 heteroatoms. The van der Waals surface area contributed by atoms with E-state index in [1.54, 1.807) is 14.2 Å². The molecule has 4 aromatic rings. The number of aromatic nitrogens is 1. The number of rotatable bonds is 8. The molecule has 31 heavy (non-hydrogen) atoms. The molecule has 0 aliphatic heterocycles. The molecule has 4 rings (SSSR count). The van der Waals surface area contributed by atoms with Crippen LogP contribution in [-0.2, 0) is 12.3 Å². The maximum Gasteiger partial charge on any atom is 0.257 e. The van der Waals surface area contributed by atoms with Gasteiger partial charge in [0.15, 0.2) is 17.1 Å². The summed E-state index contributed by atoms with van der Waals surface area (Å²) in [6, 6.07) is 20.8. The van der Waals surface area contributed by atoms with E-state index in [0.717, 1.165) is 22.2 Å². The Bertz CT molecular complexity index is 1170. The lowest BCUT2D eigenvalue weighted by Crippen LogP contribution is -2.23. The minimum atomic E-state index is -0.136. The van der Waals surface area contributed by atoms with Crippen LogP contribution in [0.4, 0.5) is 0 Å². The van der Waals surface area contributed by atoms with E-state index < -0.39 is 0 Å². The van der Waals surface area contributed by atoms with Crippen molar-refractivity contribution in [3.63, 3.8) is 0 Å². The summed E-state index contributed by atoms with van der Waals surface area (Å²) in [5.41, 5.74) is 4.05. The molecular formula is C24H22N2O4S. The van der Waals surface area contributed by atoms with Crippen molar-refractivity contribution >= 4 is 28.8 Å². The van der Waals surface area contributed by atoms with Gasteiger partial charge in [-0.3, -0.25) is 4.79 Å². The maximum absolute atomic E-state index is 12.9. The molecule has 1 amide bonds. The van der Waals surface area contributed by atoms with E-state index in [1.807, 2.05) is 66.7 Å². The first-order chi connectivity index (χ1) is 15.2. The molecule has 0 atom stereocenters. The molecule has 158 valence electrons. The summed E-state index contributed by atoms with van der Waals surface area (Å²) in [7, 11) is 3.18. The molecule has 1 aromatic heterocycles. The Morgan fingerprint density at radius 3 is 2.58 bits per heavy atom. The van der Waals surface area contributed by atoms with Crippen LogP contribution >= 0.6 is 11.8 Å². The van der Waals surface area contributed by atoms with Crippen molar-refractivity contribution < 1.29 is 18.7 Å². The maximum atomic E-state index is 12.9. The Morgan fingerprint density at radius 1 is 1.00 bits per heavy atom. The number of para-hydroxylation sites is 2. The van der Waals surface area contributed by atoms with Crippen molar-refractivity contribution in [1.29, 1.82) is 0 Å². The van der Waals surface area contributed by atoms with Gasteiger partial charge in [-0.1, -0.05) is 48.2 Å². The van der Waals surface area contributed by atoms with E-state index >= 15 is 0 Å². The lowest BCUT2D eigenvalue weighted by atomic mass is 10.1. The van der Waals surface area contributed by atoms with Gasteiger partial charge in [0.2, 0.25) is 0 Å². The Hall–Kier alpha value is -3.45. The Kier molecular flexibility index (Phi) is 6.43. The number of ether oxygens (including phenoxy) is 2. The zero-order valence-corrected chi connectivity index (χ0v) is 18.1. The molecule has 1 N–H and O–H groups in total. The van der Waals surface area contributed by atoms with Gasteiger partial charge in [-0.05, 0) is 41.5 Å². The second-order valence-corrected chi connectivity index (χ2v) is 7.69. The van der Waals surface area contributed by atoms with Gasteiger partial charge in [0, 0.05) is 17.9 Å². The summed E-state index contributed by atoms with van der Waals surface area (Å²) < 4.78 is 16.4. The summed E-state index contributed by atoms with van der Waals surface area (Å²) >= 11 is 1.47. The highest BCUT2D eigenvalue weighted by Crippen LogP contribution is 2.28. The predicted octanol–water partition coefficient (Wildman–Crippen LogP) is 5.07. The molecule has 0 bridgehead atoms. The van der Waals surface area contributed by atoms with Gasteiger partial charge in [0.1, 0.15) is 5.52 Å². The Balaban J connectivity index is 1.43. The van der Waals surface area contributed by atoms with Crippen molar-refractivity contribution in [3.8, 4) is 11.5 Å². The molecule has 3 aromatic carbocycles. The number of oxazole rings is 1. The Labute approximate surface area is 184 Å². The largest absolute Gasteiger partial charge is 0.493 e. The monoisotopic (exact) mass is 434 g/mol. The predicted molar refractivity (Wildman–Crippen MR) is 121 cm³/mol. The third-order valence-electron chi connectivity index (χ3n) is 4.79. The number of amides is 1. The summed E-state index contributed by atoms with van der Waals surface area (Å²) in [5, 5.41) is 3.57. The van der Waals surface area contributed by atoms with E-state index in [0.29, 0.717) is 34.6 Å². The molecule has 0 saturated carbocycles. The minimum Gasteiger partial charge on any atom is -0.493 e. The molecule has 0 spiro atoms. The van der Waals surface area contributed by atoms with E-state index in [-0.39, 0.29) is 5.91 Å². The van der Waals surface area contributed by atoms with Crippen LogP contribution in [0, 0.1) is 0 Å². The standard InChI is InChI=1S/C24H22N2O4S/c1-28-21-12-11-16(13-22(21)29-2)14-25-23(27)18-8-4-3-7-17(18)15-31-24-26-19-9-5-6-10-20(19)30-24/h3-13H,14-15H2,1-2H3,(H,25,27). The van der Waals surface area contributed by atoms with Crippen LogP contribution in [0.3, 0.4) is 0 Å². The van der Waals surface area contributed by atoms with Crippen molar-refractivity contribution in [1.82, 2.24) is 10.3 Å². The summed E-state index contributed by atoms with van der Waals surface area (Å²) in [4.78, 5) is 17.3. The number of carbonyl (C=O) groups excluding carboxylic acids is 1. The van der Waals surface area contributed by atoms with Gasteiger partial charge >= 0.3 is 0 Å². The molecule has 0 unspecified atom stereocenters. The van der Waals surface area contributed by atoms with Gasteiger partial charge in [-0.2, -0.15) is 0 Å². The molecule has 0 aliphatic rings. The summed E-state index contributed by atoms with van der Waals surface area (Å²) in [5.74, 6) is 1.72. The van der Waals surface area contributed by atoms with E-state index in [9.17, 15) is 4.79 Å². The third kappa shape index (κ3) is 4.83. The lowest BCUT2D eigenvalue weighted by molar-refractivity contribution is 0.0950. The van der Waals surface area contributed by atoms with Crippen LogP contribution in [0.5, 0.6) is 11.5 Å². The number of benzene rings is 3. The number of carbonyl (C=O) groups is 1. The Morgan fingerprint density at radius 2 is 1.77 bits per heavy atom. The molecule has 0 aliphatic carbocycles. The molecule has 0 fully saturated rings. The van der Waals surface area contributed by atoms with Crippen molar-refractivity contribution in [3.05, 3.63) is 83.4 Å². The van der Waals surface area contributed by atoms with Gasteiger partial charge < -0.3 is 19.2 Å².